The van der Waals surface area contributed by atoms with Crippen molar-refractivity contribution in [1.82, 2.24) is 9.47 Å². The molecule has 5 nitrogen and oxygen atoms in total. The molecule has 1 aliphatic carbocycles. The molecule has 1 fully saturated rings. The number of carbonyl (C=O) groups excluding carboxylic acids is 2. The van der Waals surface area contributed by atoms with E-state index >= 15 is 0 Å². The second-order valence-electron chi connectivity index (χ2n) is 4.48. The van der Waals surface area contributed by atoms with Gasteiger partial charge in [-0.15, -0.1) is 0 Å². The van der Waals surface area contributed by atoms with Gasteiger partial charge in [-0.1, -0.05) is 0 Å². The molecule has 0 spiro atoms. The van der Waals surface area contributed by atoms with Gasteiger partial charge in [-0.05, 0) is 31.9 Å². The minimum atomic E-state index is -0.385. The number of aromatic nitrogens is 1. The van der Waals surface area contributed by atoms with Crippen LogP contribution in [0.3, 0.4) is 0 Å². The number of ether oxygens (including phenoxy) is 1. The van der Waals surface area contributed by atoms with Gasteiger partial charge in [0, 0.05) is 19.3 Å². The first-order chi connectivity index (χ1) is 8.63. The molecule has 1 heterocycles. The maximum atomic E-state index is 12.0. The Morgan fingerprint density at radius 1 is 1.50 bits per heavy atom. The normalized spacial score (nSPS) is 14.3. The zero-order chi connectivity index (χ0) is 13.1. The van der Waals surface area contributed by atoms with Gasteiger partial charge in [-0.25, -0.2) is 4.79 Å². The standard InChI is InChI=1S/C13H18N2O3/c1-3-18-13(17)11-5-4-8-15(11)9-12(16)14(2)10-6-7-10/h4-5,8,10H,3,6-7,9H2,1-2H3. The van der Waals surface area contributed by atoms with E-state index in [1.807, 2.05) is 7.05 Å². The Morgan fingerprint density at radius 2 is 2.22 bits per heavy atom. The number of esters is 1. The van der Waals surface area contributed by atoms with Crippen LogP contribution in [0.4, 0.5) is 0 Å². The largest absolute Gasteiger partial charge is 0.461 e. The number of hydrogen-bond donors (Lipinski definition) is 0. The summed E-state index contributed by atoms with van der Waals surface area (Å²) in [6.45, 7) is 2.28. The van der Waals surface area contributed by atoms with E-state index in [1.54, 1.807) is 34.7 Å². The summed E-state index contributed by atoms with van der Waals surface area (Å²) in [5, 5.41) is 0. The van der Waals surface area contributed by atoms with Crippen LogP contribution in [0, 0.1) is 0 Å². The van der Waals surface area contributed by atoms with Crippen LogP contribution in [0.1, 0.15) is 30.3 Å². The van der Waals surface area contributed by atoms with Crippen molar-refractivity contribution in [3.05, 3.63) is 24.0 Å². The molecular weight excluding hydrogens is 232 g/mol. The van der Waals surface area contributed by atoms with Crippen molar-refractivity contribution in [1.29, 1.82) is 0 Å². The molecule has 98 valence electrons. The molecular formula is C13H18N2O3. The summed E-state index contributed by atoms with van der Waals surface area (Å²) in [4.78, 5) is 25.4. The van der Waals surface area contributed by atoms with Gasteiger partial charge in [-0.2, -0.15) is 0 Å². The van der Waals surface area contributed by atoms with Crippen LogP contribution in [0.15, 0.2) is 18.3 Å². The lowest BCUT2D eigenvalue weighted by molar-refractivity contribution is -0.131. The molecule has 1 aromatic heterocycles. The number of carbonyl (C=O) groups is 2. The van der Waals surface area contributed by atoms with Gasteiger partial charge in [-0.3, -0.25) is 4.79 Å². The Morgan fingerprint density at radius 3 is 2.83 bits per heavy atom. The summed E-state index contributed by atoms with van der Waals surface area (Å²) in [6, 6.07) is 3.80. The lowest BCUT2D eigenvalue weighted by Crippen LogP contribution is -2.32. The highest BCUT2D eigenvalue weighted by molar-refractivity contribution is 5.88. The van der Waals surface area contributed by atoms with E-state index < -0.39 is 0 Å². The van der Waals surface area contributed by atoms with Crippen molar-refractivity contribution in [2.75, 3.05) is 13.7 Å². The molecule has 1 aromatic rings. The van der Waals surface area contributed by atoms with E-state index in [-0.39, 0.29) is 18.4 Å². The van der Waals surface area contributed by atoms with Gasteiger partial charge in [0.15, 0.2) is 0 Å². The summed E-state index contributed by atoms with van der Waals surface area (Å²) >= 11 is 0. The van der Waals surface area contributed by atoms with Crippen molar-refractivity contribution >= 4 is 11.9 Å². The van der Waals surface area contributed by atoms with Crippen LogP contribution in [-0.4, -0.2) is 41.0 Å². The predicted octanol–water partition coefficient (Wildman–Crippen LogP) is 1.29. The summed E-state index contributed by atoms with van der Waals surface area (Å²) in [5.41, 5.74) is 0.425. The molecule has 0 aliphatic heterocycles. The topological polar surface area (TPSA) is 51.5 Å². The monoisotopic (exact) mass is 250 g/mol. The second kappa shape index (κ2) is 5.25. The highest BCUT2D eigenvalue weighted by Crippen LogP contribution is 2.25. The second-order valence-corrected chi connectivity index (χ2v) is 4.48. The van der Waals surface area contributed by atoms with Gasteiger partial charge in [0.1, 0.15) is 12.2 Å². The molecule has 0 atom stereocenters. The quantitative estimate of drug-likeness (QED) is 0.740. The first kappa shape index (κ1) is 12.7. The van der Waals surface area contributed by atoms with Crippen LogP contribution in [0.25, 0.3) is 0 Å². The van der Waals surface area contributed by atoms with E-state index in [1.165, 1.54) is 0 Å². The minimum Gasteiger partial charge on any atom is -0.461 e. The summed E-state index contributed by atoms with van der Waals surface area (Å²) in [7, 11) is 1.81. The van der Waals surface area contributed by atoms with E-state index in [9.17, 15) is 9.59 Å². The van der Waals surface area contributed by atoms with Gasteiger partial charge in [0.2, 0.25) is 5.91 Å². The van der Waals surface area contributed by atoms with E-state index in [0.717, 1.165) is 12.8 Å². The summed E-state index contributed by atoms with van der Waals surface area (Å²) in [6.07, 6.45) is 3.89. The predicted molar refractivity (Wildman–Crippen MR) is 66.2 cm³/mol. The lowest BCUT2D eigenvalue weighted by atomic mass is 10.4. The van der Waals surface area contributed by atoms with Crippen LogP contribution in [0.2, 0.25) is 0 Å². The Hall–Kier alpha value is -1.78. The van der Waals surface area contributed by atoms with Gasteiger partial charge < -0.3 is 14.2 Å². The van der Waals surface area contributed by atoms with Crippen molar-refractivity contribution < 1.29 is 14.3 Å². The first-order valence-corrected chi connectivity index (χ1v) is 6.21. The maximum Gasteiger partial charge on any atom is 0.354 e. The molecule has 0 saturated heterocycles. The molecule has 0 aromatic carbocycles. The zero-order valence-corrected chi connectivity index (χ0v) is 10.8. The SMILES string of the molecule is CCOC(=O)c1cccn1CC(=O)N(C)C1CC1. The smallest absolute Gasteiger partial charge is 0.354 e. The fraction of sp³-hybridized carbons (Fsp3) is 0.538. The molecule has 0 radical (unpaired) electrons. The minimum absolute atomic E-state index is 0.0271. The third-order valence-electron chi connectivity index (χ3n) is 3.11. The molecule has 1 aliphatic rings. The van der Waals surface area contributed by atoms with Crippen molar-refractivity contribution in [3.63, 3.8) is 0 Å². The number of nitrogens with zero attached hydrogens (tertiary/aromatic N) is 2. The van der Waals surface area contributed by atoms with Crippen LogP contribution in [-0.2, 0) is 16.1 Å². The lowest BCUT2D eigenvalue weighted by Gasteiger charge is -2.17. The Bertz CT molecular complexity index is 449. The average molecular weight is 250 g/mol. The Balaban J connectivity index is 2.02. The van der Waals surface area contributed by atoms with E-state index in [0.29, 0.717) is 18.3 Å². The molecule has 0 bridgehead atoms. The molecule has 0 unspecified atom stereocenters. The molecule has 1 amide bonds. The zero-order valence-electron chi connectivity index (χ0n) is 10.8. The molecule has 0 N–H and O–H groups in total. The number of rotatable bonds is 5. The fourth-order valence-corrected chi connectivity index (χ4v) is 1.87. The third-order valence-corrected chi connectivity index (χ3v) is 3.11. The van der Waals surface area contributed by atoms with Crippen molar-refractivity contribution in [2.24, 2.45) is 0 Å². The highest BCUT2D eigenvalue weighted by atomic mass is 16.5. The van der Waals surface area contributed by atoms with Crippen LogP contribution in [0.5, 0.6) is 0 Å². The summed E-state index contributed by atoms with van der Waals surface area (Å²) in [5.74, 6) is -0.358. The van der Waals surface area contributed by atoms with Crippen LogP contribution < -0.4 is 0 Å². The summed E-state index contributed by atoms with van der Waals surface area (Å²) < 4.78 is 6.58. The number of likely N-dealkylation sites (N-methyl/N-ethyl adjacent to an activating group) is 1. The van der Waals surface area contributed by atoms with Crippen molar-refractivity contribution in [3.8, 4) is 0 Å². The Kier molecular flexibility index (Phi) is 3.69. The molecule has 18 heavy (non-hydrogen) atoms. The van der Waals surface area contributed by atoms with E-state index in [2.05, 4.69) is 0 Å². The van der Waals surface area contributed by atoms with Crippen LogP contribution >= 0.6 is 0 Å². The third kappa shape index (κ3) is 2.72. The van der Waals surface area contributed by atoms with Gasteiger partial charge in [0.05, 0.1) is 6.61 Å². The van der Waals surface area contributed by atoms with Gasteiger partial charge >= 0.3 is 5.97 Å². The molecule has 2 rings (SSSR count). The number of hydrogen-bond acceptors (Lipinski definition) is 3. The fourth-order valence-electron chi connectivity index (χ4n) is 1.87. The maximum absolute atomic E-state index is 12.0. The average Bonchev–Trinajstić information content (AvgIpc) is 3.09. The van der Waals surface area contributed by atoms with Gasteiger partial charge in [0.25, 0.3) is 0 Å². The first-order valence-electron chi connectivity index (χ1n) is 6.21. The van der Waals surface area contributed by atoms with Crippen molar-refractivity contribution in [2.45, 2.75) is 32.4 Å². The Labute approximate surface area is 106 Å². The number of amides is 1. The molecule has 5 heteroatoms. The van der Waals surface area contributed by atoms with E-state index in [4.69, 9.17) is 4.74 Å². The highest BCUT2D eigenvalue weighted by Gasteiger charge is 2.29. The molecule has 1 saturated carbocycles.